The van der Waals surface area contributed by atoms with Gasteiger partial charge in [-0.25, -0.2) is 9.78 Å². The Hall–Kier alpha value is -1.64. The number of thiazole rings is 1. The van der Waals surface area contributed by atoms with Gasteiger partial charge >= 0.3 is 6.03 Å². The lowest BCUT2D eigenvalue weighted by molar-refractivity contribution is -0.118. The molecule has 2 aliphatic rings. The van der Waals surface area contributed by atoms with E-state index in [1.54, 1.807) is 18.1 Å². The Kier molecular flexibility index (Phi) is 3.36. The van der Waals surface area contributed by atoms with Gasteiger partial charge in [-0.15, -0.1) is 6.58 Å². The molecule has 3 rings (SSSR count). The molecule has 3 heterocycles. The maximum absolute atomic E-state index is 12.4. The molecule has 0 aromatic carbocycles. The normalized spacial score (nSPS) is 24.0. The Morgan fingerprint density at radius 3 is 3.10 bits per heavy atom. The lowest BCUT2D eigenvalue weighted by Gasteiger charge is -2.28. The number of urea groups is 1. The van der Waals surface area contributed by atoms with E-state index in [1.807, 2.05) is 0 Å². The smallest absolute Gasteiger partial charge is 0.345 e. The predicted octanol–water partition coefficient (Wildman–Crippen LogP) is 1.06. The largest absolute Gasteiger partial charge is 0.473 e. The highest BCUT2D eigenvalue weighted by Crippen LogP contribution is 2.47. The number of carbonyl (C=O) groups excluding carboxylic acids is 1. The minimum Gasteiger partial charge on any atom is -0.473 e. The zero-order valence-corrected chi connectivity index (χ0v) is 11.9. The van der Waals surface area contributed by atoms with Crippen LogP contribution in [0.5, 0.6) is 5.19 Å². The average molecular weight is 296 g/mol. The second-order valence-corrected chi connectivity index (χ2v) is 5.54. The van der Waals surface area contributed by atoms with Crippen LogP contribution in [0.2, 0.25) is 0 Å². The summed E-state index contributed by atoms with van der Waals surface area (Å²) >= 11 is 1.44. The first-order valence-corrected chi connectivity index (χ1v) is 7.11. The lowest BCUT2D eigenvalue weighted by atomic mass is 10.0. The highest BCUT2D eigenvalue weighted by atomic mass is 32.1. The van der Waals surface area contributed by atoms with Gasteiger partial charge in [-0.2, -0.15) is 5.06 Å². The summed E-state index contributed by atoms with van der Waals surface area (Å²) in [7, 11) is 1.58. The number of rotatable bonds is 5. The molecule has 1 fully saturated rings. The van der Waals surface area contributed by atoms with Crippen molar-refractivity contribution in [2.45, 2.75) is 12.1 Å². The Labute approximate surface area is 120 Å². The quantitative estimate of drug-likeness (QED) is 0.822. The summed E-state index contributed by atoms with van der Waals surface area (Å²) in [6.07, 6.45) is 1.61. The molecule has 0 aliphatic carbocycles. The summed E-state index contributed by atoms with van der Waals surface area (Å²) in [5.41, 5.74) is 6.64. The van der Waals surface area contributed by atoms with Crippen molar-refractivity contribution in [3.05, 3.63) is 23.2 Å². The molecule has 0 radical (unpaired) electrons. The molecule has 108 valence electrons. The molecule has 0 spiro atoms. The highest BCUT2D eigenvalue weighted by Gasteiger charge is 2.50. The zero-order chi connectivity index (χ0) is 14.3. The van der Waals surface area contributed by atoms with Crippen molar-refractivity contribution >= 4 is 17.4 Å². The molecule has 2 bridgehead atoms. The summed E-state index contributed by atoms with van der Waals surface area (Å²) in [6, 6.07) is -0.538. The number of hydrogen-bond acceptors (Lipinski definition) is 6. The molecule has 2 amide bonds. The van der Waals surface area contributed by atoms with Gasteiger partial charge < -0.3 is 15.4 Å². The second-order valence-electron chi connectivity index (χ2n) is 4.55. The van der Waals surface area contributed by atoms with Crippen LogP contribution in [-0.2, 0) is 4.84 Å². The maximum atomic E-state index is 12.4. The monoisotopic (exact) mass is 296 g/mol. The lowest BCUT2D eigenvalue weighted by Crippen LogP contribution is -2.38. The number of ether oxygens (including phenoxy) is 1. The van der Waals surface area contributed by atoms with Crippen LogP contribution in [-0.4, -0.2) is 47.8 Å². The van der Waals surface area contributed by atoms with Gasteiger partial charge in [-0.3, -0.25) is 4.84 Å². The van der Waals surface area contributed by atoms with E-state index in [9.17, 15) is 4.79 Å². The van der Waals surface area contributed by atoms with E-state index in [2.05, 4.69) is 11.6 Å². The van der Waals surface area contributed by atoms with Crippen LogP contribution in [0.15, 0.2) is 12.7 Å². The van der Waals surface area contributed by atoms with E-state index in [4.69, 9.17) is 15.3 Å². The summed E-state index contributed by atoms with van der Waals surface area (Å²) in [6.45, 7) is 4.78. The number of amides is 2. The van der Waals surface area contributed by atoms with Crippen molar-refractivity contribution in [1.29, 1.82) is 0 Å². The van der Waals surface area contributed by atoms with Gasteiger partial charge in [0.05, 0.1) is 36.9 Å². The molecule has 1 aromatic rings. The first-order chi connectivity index (χ1) is 9.71. The molecule has 20 heavy (non-hydrogen) atoms. The van der Waals surface area contributed by atoms with E-state index in [1.165, 1.54) is 16.4 Å². The number of methoxy groups -OCH3 is 1. The van der Waals surface area contributed by atoms with E-state index in [0.717, 1.165) is 10.6 Å². The molecule has 1 saturated heterocycles. The van der Waals surface area contributed by atoms with Crippen LogP contribution in [0.25, 0.3) is 0 Å². The summed E-state index contributed by atoms with van der Waals surface area (Å²) in [5.74, 6) is 0. The van der Waals surface area contributed by atoms with Gasteiger partial charge in [0.1, 0.15) is 6.04 Å². The van der Waals surface area contributed by atoms with E-state index in [-0.39, 0.29) is 24.7 Å². The fourth-order valence-electron chi connectivity index (χ4n) is 2.60. The fourth-order valence-corrected chi connectivity index (χ4v) is 3.61. The highest BCUT2D eigenvalue weighted by molar-refractivity contribution is 7.13. The number of hydroxylamine groups is 2. The molecule has 1 unspecified atom stereocenters. The molecular formula is C12H16N4O3S. The Bertz CT molecular complexity index is 547. The van der Waals surface area contributed by atoms with Crippen LogP contribution >= 0.6 is 11.3 Å². The number of nitrogens with zero attached hydrogens (tertiary/aromatic N) is 3. The van der Waals surface area contributed by atoms with E-state index in [0.29, 0.717) is 18.3 Å². The van der Waals surface area contributed by atoms with Gasteiger partial charge in [0, 0.05) is 6.54 Å². The Morgan fingerprint density at radius 2 is 2.45 bits per heavy atom. The Balaban J connectivity index is 2.00. The molecule has 8 heteroatoms. The third-order valence-electron chi connectivity index (χ3n) is 3.47. The zero-order valence-electron chi connectivity index (χ0n) is 11.1. The molecule has 2 atom stereocenters. The minimum absolute atomic E-state index is 0.151. The Morgan fingerprint density at radius 1 is 1.65 bits per heavy atom. The van der Waals surface area contributed by atoms with Gasteiger partial charge in [0.2, 0.25) is 0 Å². The SMILES string of the molecule is C=CCON1C(=O)N2CC1c1sc(OC)nc1[C@H]2CN. The minimum atomic E-state index is -0.216. The van der Waals surface area contributed by atoms with Crippen molar-refractivity contribution in [1.82, 2.24) is 14.9 Å². The first-order valence-electron chi connectivity index (χ1n) is 6.29. The standard InChI is InChI=1S/C12H16N4O3S/c1-3-4-19-16-8-6-15(12(16)17)7(5-13)9-10(8)20-11(14-9)18-2/h3,7-8H,1,4-6,13H2,2H3/t7-,8?/m1/s1. The predicted molar refractivity (Wildman–Crippen MR) is 73.3 cm³/mol. The average Bonchev–Trinajstić information content (AvgIpc) is 3.00. The fraction of sp³-hybridized carbons (Fsp3) is 0.500. The van der Waals surface area contributed by atoms with E-state index >= 15 is 0 Å². The van der Waals surface area contributed by atoms with Crippen LogP contribution in [0.1, 0.15) is 22.7 Å². The maximum Gasteiger partial charge on any atom is 0.345 e. The van der Waals surface area contributed by atoms with Crippen LogP contribution < -0.4 is 10.5 Å². The van der Waals surface area contributed by atoms with Gasteiger partial charge in [0.15, 0.2) is 0 Å². The van der Waals surface area contributed by atoms with Gasteiger partial charge in [0.25, 0.3) is 5.19 Å². The molecule has 2 aliphatic heterocycles. The molecular weight excluding hydrogens is 280 g/mol. The van der Waals surface area contributed by atoms with Crippen molar-refractivity contribution in [3.8, 4) is 5.19 Å². The van der Waals surface area contributed by atoms with Crippen molar-refractivity contribution in [2.24, 2.45) is 5.73 Å². The number of fused-ring (bicyclic) bond motifs is 4. The molecule has 0 saturated carbocycles. The number of hydrogen-bond donors (Lipinski definition) is 1. The third kappa shape index (κ3) is 1.80. The van der Waals surface area contributed by atoms with Gasteiger partial charge in [-0.05, 0) is 0 Å². The number of aromatic nitrogens is 1. The molecule has 2 N–H and O–H groups in total. The van der Waals surface area contributed by atoms with Crippen LogP contribution in [0.3, 0.4) is 0 Å². The van der Waals surface area contributed by atoms with Crippen molar-refractivity contribution < 1.29 is 14.4 Å². The van der Waals surface area contributed by atoms with Gasteiger partial charge in [-0.1, -0.05) is 17.4 Å². The second kappa shape index (κ2) is 5.04. The van der Waals surface area contributed by atoms with Crippen LogP contribution in [0, 0.1) is 0 Å². The summed E-state index contributed by atoms with van der Waals surface area (Å²) in [5, 5.41) is 1.98. The number of carbonyl (C=O) groups is 1. The first kappa shape index (κ1) is 13.3. The summed E-state index contributed by atoms with van der Waals surface area (Å²) in [4.78, 5) is 25.0. The third-order valence-corrected chi connectivity index (χ3v) is 4.61. The molecule has 7 nitrogen and oxygen atoms in total. The number of nitrogens with two attached hydrogens (primary N) is 1. The van der Waals surface area contributed by atoms with Crippen molar-refractivity contribution in [2.75, 3.05) is 26.8 Å². The van der Waals surface area contributed by atoms with Crippen LogP contribution in [0.4, 0.5) is 4.79 Å². The topological polar surface area (TPSA) is 80.9 Å². The summed E-state index contributed by atoms with van der Waals surface area (Å²) < 4.78 is 5.20. The molecule has 1 aromatic heterocycles. The van der Waals surface area contributed by atoms with Crippen molar-refractivity contribution in [3.63, 3.8) is 0 Å². The van der Waals surface area contributed by atoms with E-state index < -0.39 is 0 Å².